The molecule has 0 aromatic rings. The van der Waals surface area contributed by atoms with Crippen LogP contribution in [0.3, 0.4) is 0 Å². The summed E-state index contributed by atoms with van der Waals surface area (Å²) >= 11 is 0. The fourth-order valence-corrected chi connectivity index (χ4v) is 3.32. The van der Waals surface area contributed by atoms with E-state index in [1.165, 1.54) is 0 Å². The minimum absolute atomic E-state index is 0.205. The van der Waals surface area contributed by atoms with Crippen molar-refractivity contribution < 1.29 is 9.53 Å². The van der Waals surface area contributed by atoms with Crippen molar-refractivity contribution >= 4 is 5.91 Å². The second-order valence-electron chi connectivity index (χ2n) is 5.67. The summed E-state index contributed by atoms with van der Waals surface area (Å²) in [5, 5.41) is 0. The first-order chi connectivity index (χ1) is 8.75. The van der Waals surface area contributed by atoms with Crippen LogP contribution in [0.1, 0.15) is 19.3 Å². The maximum atomic E-state index is 12.4. The molecule has 2 atom stereocenters. The molecule has 0 aromatic carbocycles. The van der Waals surface area contributed by atoms with E-state index in [-0.39, 0.29) is 5.92 Å². The van der Waals surface area contributed by atoms with Crippen molar-refractivity contribution in [3.05, 3.63) is 12.2 Å². The average Bonchev–Trinajstić information content (AvgIpc) is 2.92. The van der Waals surface area contributed by atoms with Crippen LogP contribution in [-0.2, 0) is 9.53 Å². The maximum Gasteiger partial charge on any atom is 0.226 e. The number of allylic oxidation sites excluding steroid dienone is 2. The van der Waals surface area contributed by atoms with Crippen molar-refractivity contribution in [2.45, 2.75) is 31.4 Å². The molecule has 18 heavy (non-hydrogen) atoms. The summed E-state index contributed by atoms with van der Waals surface area (Å²) < 4.78 is 5.81. The fraction of sp³-hybridized carbons (Fsp3) is 0.786. The number of fused-ring (bicyclic) bond motifs is 1. The van der Waals surface area contributed by atoms with E-state index in [1.54, 1.807) is 0 Å². The summed E-state index contributed by atoms with van der Waals surface area (Å²) in [5.41, 5.74) is 0. The molecule has 3 aliphatic rings. The van der Waals surface area contributed by atoms with E-state index >= 15 is 0 Å². The number of rotatable bonds is 1. The first-order valence-electron chi connectivity index (χ1n) is 7.01. The second kappa shape index (κ2) is 5.02. The van der Waals surface area contributed by atoms with Gasteiger partial charge in [-0.25, -0.2) is 0 Å². The van der Waals surface area contributed by atoms with Gasteiger partial charge in [0.05, 0.1) is 18.8 Å². The molecular formula is C14H22N2O2. The summed E-state index contributed by atoms with van der Waals surface area (Å²) in [6.07, 6.45) is 7.43. The monoisotopic (exact) mass is 250 g/mol. The molecule has 2 aliphatic heterocycles. The lowest BCUT2D eigenvalue weighted by Gasteiger charge is -2.46. The van der Waals surface area contributed by atoms with E-state index in [1.807, 2.05) is 0 Å². The second-order valence-corrected chi connectivity index (χ2v) is 5.67. The SMILES string of the molecule is CN1CCO[C@@H]2CCN(C(=O)C3CC=CC3)C[C@H]21. The highest BCUT2D eigenvalue weighted by atomic mass is 16.5. The van der Waals surface area contributed by atoms with Crippen LogP contribution in [-0.4, -0.2) is 61.1 Å². The molecule has 3 rings (SSSR count). The van der Waals surface area contributed by atoms with Crippen molar-refractivity contribution in [3.63, 3.8) is 0 Å². The number of carbonyl (C=O) groups is 1. The molecule has 0 bridgehead atoms. The summed E-state index contributed by atoms with van der Waals surface area (Å²) in [4.78, 5) is 16.8. The predicted octanol–water partition coefficient (Wildman–Crippen LogP) is 0.884. The highest BCUT2D eigenvalue weighted by Crippen LogP contribution is 2.26. The number of ether oxygens (including phenoxy) is 1. The molecule has 4 heteroatoms. The molecule has 100 valence electrons. The maximum absolute atomic E-state index is 12.4. The number of carbonyl (C=O) groups excluding carboxylic acids is 1. The van der Waals surface area contributed by atoms with Gasteiger partial charge in [0.2, 0.25) is 5.91 Å². The summed E-state index contributed by atoms with van der Waals surface area (Å²) in [5.74, 6) is 0.550. The van der Waals surface area contributed by atoms with Gasteiger partial charge in [0, 0.05) is 25.6 Å². The highest BCUT2D eigenvalue weighted by Gasteiger charge is 2.38. The highest BCUT2D eigenvalue weighted by molar-refractivity contribution is 5.79. The normalized spacial score (nSPS) is 33.7. The van der Waals surface area contributed by atoms with Gasteiger partial charge < -0.3 is 9.64 Å². The zero-order valence-corrected chi connectivity index (χ0v) is 11.0. The van der Waals surface area contributed by atoms with Crippen LogP contribution < -0.4 is 0 Å². The van der Waals surface area contributed by atoms with Crippen LogP contribution in [0.4, 0.5) is 0 Å². The molecule has 0 N–H and O–H groups in total. The zero-order valence-electron chi connectivity index (χ0n) is 11.0. The lowest BCUT2D eigenvalue weighted by atomic mass is 9.97. The van der Waals surface area contributed by atoms with E-state index in [0.29, 0.717) is 18.1 Å². The first kappa shape index (κ1) is 12.2. The van der Waals surface area contributed by atoms with Crippen LogP contribution in [0.25, 0.3) is 0 Å². The third-order valence-electron chi connectivity index (χ3n) is 4.53. The first-order valence-corrected chi connectivity index (χ1v) is 7.01. The van der Waals surface area contributed by atoms with Gasteiger partial charge in [0.15, 0.2) is 0 Å². The average molecular weight is 250 g/mol. The Morgan fingerprint density at radius 1 is 1.28 bits per heavy atom. The Balaban J connectivity index is 1.63. The minimum atomic E-state index is 0.205. The number of hydrogen-bond donors (Lipinski definition) is 0. The standard InChI is InChI=1S/C14H22N2O2/c1-15-8-9-18-13-6-7-16(10-12(13)15)14(17)11-4-2-3-5-11/h2-3,11-13H,4-10H2,1H3/t12-,13-/m1/s1. The van der Waals surface area contributed by atoms with Crippen molar-refractivity contribution in [2.75, 3.05) is 33.3 Å². The Morgan fingerprint density at radius 2 is 2.06 bits per heavy atom. The lowest BCUT2D eigenvalue weighted by Crippen LogP contribution is -2.60. The van der Waals surface area contributed by atoms with Gasteiger partial charge in [-0.15, -0.1) is 0 Å². The minimum Gasteiger partial charge on any atom is -0.375 e. The topological polar surface area (TPSA) is 32.8 Å². The largest absolute Gasteiger partial charge is 0.375 e. The number of piperidine rings is 1. The molecule has 0 radical (unpaired) electrons. The third kappa shape index (κ3) is 2.19. The Morgan fingerprint density at radius 3 is 2.83 bits per heavy atom. The smallest absolute Gasteiger partial charge is 0.226 e. The molecule has 1 aliphatic carbocycles. The van der Waals surface area contributed by atoms with E-state index in [9.17, 15) is 4.79 Å². The van der Waals surface area contributed by atoms with Gasteiger partial charge in [0.1, 0.15) is 0 Å². The Bertz CT molecular complexity index is 348. The zero-order chi connectivity index (χ0) is 12.5. The Labute approximate surface area is 109 Å². The molecule has 0 aromatic heterocycles. The molecular weight excluding hydrogens is 228 g/mol. The van der Waals surface area contributed by atoms with Crippen molar-refractivity contribution in [1.82, 2.24) is 9.80 Å². The van der Waals surface area contributed by atoms with E-state index in [4.69, 9.17) is 4.74 Å². The molecule has 1 amide bonds. The predicted molar refractivity (Wildman–Crippen MR) is 69.2 cm³/mol. The van der Waals surface area contributed by atoms with Gasteiger partial charge in [-0.2, -0.15) is 0 Å². The number of likely N-dealkylation sites (tertiary alicyclic amines) is 1. The van der Waals surface area contributed by atoms with Gasteiger partial charge in [0.25, 0.3) is 0 Å². The summed E-state index contributed by atoms with van der Waals surface area (Å²) in [6, 6.07) is 0.394. The van der Waals surface area contributed by atoms with Crippen molar-refractivity contribution in [1.29, 1.82) is 0 Å². The number of morpholine rings is 1. The van der Waals surface area contributed by atoms with Gasteiger partial charge >= 0.3 is 0 Å². The van der Waals surface area contributed by atoms with Crippen LogP contribution in [0.5, 0.6) is 0 Å². The molecule has 2 saturated heterocycles. The number of hydrogen-bond acceptors (Lipinski definition) is 3. The molecule has 0 saturated carbocycles. The Hall–Kier alpha value is -0.870. The van der Waals surface area contributed by atoms with E-state index in [0.717, 1.165) is 45.5 Å². The van der Waals surface area contributed by atoms with Gasteiger partial charge in [-0.05, 0) is 26.3 Å². The van der Waals surface area contributed by atoms with Crippen LogP contribution in [0.2, 0.25) is 0 Å². The molecule has 2 fully saturated rings. The summed E-state index contributed by atoms with van der Waals surface area (Å²) in [6.45, 7) is 3.52. The van der Waals surface area contributed by atoms with Gasteiger partial charge in [-0.1, -0.05) is 12.2 Å². The summed E-state index contributed by atoms with van der Waals surface area (Å²) in [7, 11) is 2.14. The molecule has 4 nitrogen and oxygen atoms in total. The van der Waals surface area contributed by atoms with E-state index in [2.05, 4.69) is 29.0 Å². The van der Waals surface area contributed by atoms with Crippen LogP contribution in [0.15, 0.2) is 12.2 Å². The third-order valence-corrected chi connectivity index (χ3v) is 4.53. The van der Waals surface area contributed by atoms with Gasteiger partial charge in [-0.3, -0.25) is 9.69 Å². The van der Waals surface area contributed by atoms with Crippen LogP contribution in [0, 0.1) is 5.92 Å². The number of nitrogens with zero attached hydrogens (tertiary/aromatic N) is 2. The number of likely N-dealkylation sites (N-methyl/N-ethyl adjacent to an activating group) is 1. The lowest BCUT2D eigenvalue weighted by molar-refractivity contribution is -0.145. The molecule has 0 unspecified atom stereocenters. The molecule has 0 spiro atoms. The fourth-order valence-electron chi connectivity index (χ4n) is 3.32. The van der Waals surface area contributed by atoms with Crippen molar-refractivity contribution in [2.24, 2.45) is 5.92 Å². The number of amides is 1. The van der Waals surface area contributed by atoms with E-state index < -0.39 is 0 Å². The Kier molecular flexibility index (Phi) is 3.39. The van der Waals surface area contributed by atoms with Crippen LogP contribution >= 0.6 is 0 Å². The quantitative estimate of drug-likeness (QED) is 0.648. The molecule has 2 heterocycles. The van der Waals surface area contributed by atoms with Crippen molar-refractivity contribution in [3.8, 4) is 0 Å².